The standard InChI is InChI=1S/C14H17FN4S/c15-12-7-17-14(18-11-3-1-10(16)2-4-11)19-13(12)9-5-6-20-8-9/h5-8,10-11H,1-4,16H2,(H,17,18,19). The fourth-order valence-corrected chi connectivity index (χ4v) is 3.12. The molecule has 2 aromatic rings. The van der Waals surface area contributed by atoms with Crippen LogP contribution in [-0.4, -0.2) is 22.1 Å². The van der Waals surface area contributed by atoms with Crippen LogP contribution >= 0.6 is 11.3 Å². The minimum atomic E-state index is -0.389. The molecule has 1 fully saturated rings. The number of aromatic nitrogens is 2. The number of hydrogen-bond acceptors (Lipinski definition) is 5. The second kappa shape index (κ2) is 5.85. The van der Waals surface area contributed by atoms with E-state index in [0.29, 0.717) is 23.7 Å². The Bertz CT molecular complexity index is 565. The van der Waals surface area contributed by atoms with Crippen molar-refractivity contribution in [3.8, 4) is 11.3 Å². The third-order valence-electron chi connectivity index (χ3n) is 3.64. The molecule has 0 aromatic carbocycles. The van der Waals surface area contributed by atoms with Crippen LogP contribution in [0, 0.1) is 5.82 Å². The van der Waals surface area contributed by atoms with Crippen molar-refractivity contribution in [3.63, 3.8) is 0 Å². The summed E-state index contributed by atoms with van der Waals surface area (Å²) in [6, 6.07) is 2.50. The van der Waals surface area contributed by atoms with Crippen molar-refractivity contribution in [2.45, 2.75) is 37.8 Å². The van der Waals surface area contributed by atoms with Crippen molar-refractivity contribution in [1.29, 1.82) is 0 Å². The summed E-state index contributed by atoms with van der Waals surface area (Å²) in [7, 11) is 0. The Morgan fingerprint density at radius 3 is 2.80 bits per heavy atom. The molecule has 2 heterocycles. The summed E-state index contributed by atoms with van der Waals surface area (Å²) in [6.07, 6.45) is 5.27. The highest BCUT2D eigenvalue weighted by molar-refractivity contribution is 7.08. The van der Waals surface area contributed by atoms with Crippen LogP contribution in [0.3, 0.4) is 0 Å². The molecule has 4 nitrogen and oxygen atoms in total. The van der Waals surface area contributed by atoms with E-state index in [9.17, 15) is 4.39 Å². The van der Waals surface area contributed by atoms with Crippen molar-refractivity contribution < 1.29 is 4.39 Å². The number of anilines is 1. The lowest BCUT2D eigenvalue weighted by Gasteiger charge is -2.26. The zero-order chi connectivity index (χ0) is 13.9. The van der Waals surface area contributed by atoms with Gasteiger partial charge in [-0.2, -0.15) is 11.3 Å². The molecule has 0 radical (unpaired) electrons. The molecule has 6 heteroatoms. The number of halogens is 1. The van der Waals surface area contributed by atoms with Crippen molar-refractivity contribution in [1.82, 2.24) is 9.97 Å². The molecule has 0 bridgehead atoms. The maximum absolute atomic E-state index is 13.8. The minimum Gasteiger partial charge on any atom is -0.351 e. The SMILES string of the molecule is NC1CCC(Nc2ncc(F)c(-c3ccsc3)n2)CC1. The Labute approximate surface area is 121 Å². The van der Waals surface area contributed by atoms with Gasteiger partial charge in [-0.3, -0.25) is 0 Å². The molecule has 3 rings (SSSR count). The number of nitrogens with zero attached hydrogens (tertiary/aromatic N) is 2. The lowest BCUT2D eigenvalue weighted by molar-refractivity contribution is 0.409. The first-order valence-corrected chi connectivity index (χ1v) is 7.74. The Balaban J connectivity index is 1.76. The molecular formula is C14H17FN4S. The van der Waals surface area contributed by atoms with Gasteiger partial charge in [-0.15, -0.1) is 0 Å². The zero-order valence-corrected chi connectivity index (χ0v) is 11.9. The van der Waals surface area contributed by atoms with Gasteiger partial charge in [0.1, 0.15) is 5.69 Å². The van der Waals surface area contributed by atoms with Crippen LogP contribution < -0.4 is 11.1 Å². The van der Waals surface area contributed by atoms with Crippen LogP contribution in [0.5, 0.6) is 0 Å². The Morgan fingerprint density at radius 2 is 2.10 bits per heavy atom. The van der Waals surface area contributed by atoms with E-state index < -0.39 is 0 Å². The van der Waals surface area contributed by atoms with Gasteiger partial charge in [-0.25, -0.2) is 14.4 Å². The number of nitrogens with two attached hydrogens (primary N) is 1. The molecule has 2 aromatic heterocycles. The summed E-state index contributed by atoms with van der Waals surface area (Å²) < 4.78 is 13.8. The molecule has 20 heavy (non-hydrogen) atoms. The maximum atomic E-state index is 13.8. The molecule has 0 unspecified atom stereocenters. The quantitative estimate of drug-likeness (QED) is 0.912. The van der Waals surface area contributed by atoms with Crippen LogP contribution in [0.15, 0.2) is 23.0 Å². The molecule has 3 N–H and O–H groups in total. The van der Waals surface area contributed by atoms with Gasteiger partial charge in [-0.1, -0.05) is 0 Å². The lowest BCUT2D eigenvalue weighted by atomic mass is 9.92. The second-order valence-electron chi connectivity index (χ2n) is 5.16. The zero-order valence-electron chi connectivity index (χ0n) is 11.1. The van der Waals surface area contributed by atoms with Crippen LogP contribution in [0.2, 0.25) is 0 Å². The summed E-state index contributed by atoms with van der Waals surface area (Å²) in [5.74, 6) is 0.104. The van der Waals surface area contributed by atoms with Crippen LogP contribution in [-0.2, 0) is 0 Å². The van der Waals surface area contributed by atoms with E-state index in [0.717, 1.165) is 31.2 Å². The van der Waals surface area contributed by atoms with Crippen LogP contribution in [0.25, 0.3) is 11.3 Å². The lowest BCUT2D eigenvalue weighted by Crippen LogP contribution is -2.33. The Kier molecular flexibility index (Phi) is 3.93. The van der Waals surface area contributed by atoms with Crippen molar-refractivity contribution >= 4 is 17.3 Å². The molecule has 1 aliphatic carbocycles. The van der Waals surface area contributed by atoms with E-state index in [1.807, 2.05) is 16.8 Å². The molecule has 1 saturated carbocycles. The van der Waals surface area contributed by atoms with Gasteiger partial charge < -0.3 is 11.1 Å². The highest BCUT2D eigenvalue weighted by Gasteiger charge is 2.19. The smallest absolute Gasteiger partial charge is 0.223 e. The van der Waals surface area contributed by atoms with Crippen LogP contribution in [0.4, 0.5) is 10.3 Å². The third kappa shape index (κ3) is 2.96. The van der Waals surface area contributed by atoms with E-state index in [-0.39, 0.29) is 5.82 Å². The normalized spacial score (nSPS) is 22.7. The summed E-state index contributed by atoms with van der Waals surface area (Å²) in [5, 5.41) is 7.08. The van der Waals surface area contributed by atoms with Gasteiger partial charge >= 0.3 is 0 Å². The highest BCUT2D eigenvalue weighted by atomic mass is 32.1. The molecule has 0 saturated heterocycles. The summed E-state index contributed by atoms with van der Waals surface area (Å²) in [4.78, 5) is 8.34. The topological polar surface area (TPSA) is 63.8 Å². The number of nitrogens with one attached hydrogen (secondary N) is 1. The second-order valence-corrected chi connectivity index (χ2v) is 5.94. The molecule has 0 amide bonds. The fourth-order valence-electron chi connectivity index (χ4n) is 2.48. The summed E-state index contributed by atoms with van der Waals surface area (Å²) in [6.45, 7) is 0. The molecule has 0 atom stereocenters. The van der Waals surface area contributed by atoms with Gasteiger partial charge in [0, 0.05) is 23.0 Å². The predicted molar refractivity (Wildman–Crippen MR) is 79.2 cm³/mol. The van der Waals surface area contributed by atoms with Gasteiger partial charge in [0.05, 0.1) is 6.20 Å². The van der Waals surface area contributed by atoms with Gasteiger partial charge in [0.2, 0.25) is 5.95 Å². The average Bonchev–Trinajstić information content (AvgIpc) is 2.97. The molecule has 106 valence electrons. The first-order chi connectivity index (χ1) is 9.72. The monoisotopic (exact) mass is 292 g/mol. The predicted octanol–water partition coefficient (Wildman–Crippen LogP) is 3.03. The van der Waals surface area contributed by atoms with E-state index in [1.54, 1.807) is 0 Å². The molecular weight excluding hydrogens is 275 g/mol. The maximum Gasteiger partial charge on any atom is 0.223 e. The van der Waals surface area contributed by atoms with Crippen LogP contribution in [0.1, 0.15) is 25.7 Å². The van der Waals surface area contributed by atoms with Gasteiger partial charge in [-0.05, 0) is 37.1 Å². The van der Waals surface area contributed by atoms with Crippen molar-refractivity contribution in [2.75, 3.05) is 5.32 Å². The first kappa shape index (κ1) is 13.5. The van der Waals surface area contributed by atoms with Crippen molar-refractivity contribution in [2.24, 2.45) is 5.73 Å². The van der Waals surface area contributed by atoms with E-state index in [1.165, 1.54) is 17.5 Å². The summed E-state index contributed by atoms with van der Waals surface area (Å²) >= 11 is 1.52. The molecule has 0 aliphatic heterocycles. The fraction of sp³-hybridized carbons (Fsp3) is 0.429. The molecule has 1 aliphatic rings. The Hall–Kier alpha value is -1.53. The van der Waals surface area contributed by atoms with E-state index >= 15 is 0 Å². The minimum absolute atomic E-state index is 0.309. The van der Waals surface area contributed by atoms with Gasteiger partial charge in [0.25, 0.3) is 0 Å². The Morgan fingerprint density at radius 1 is 1.30 bits per heavy atom. The largest absolute Gasteiger partial charge is 0.351 e. The number of rotatable bonds is 3. The first-order valence-electron chi connectivity index (χ1n) is 6.79. The number of thiophene rings is 1. The summed E-state index contributed by atoms with van der Waals surface area (Å²) in [5.41, 5.74) is 7.04. The average molecular weight is 292 g/mol. The van der Waals surface area contributed by atoms with Crippen molar-refractivity contribution in [3.05, 3.63) is 28.8 Å². The number of hydrogen-bond donors (Lipinski definition) is 2. The van der Waals surface area contributed by atoms with Gasteiger partial charge in [0.15, 0.2) is 5.82 Å². The third-order valence-corrected chi connectivity index (χ3v) is 4.33. The highest BCUT2D eigenvalue weighted by Crippen LogP contribution is 2.25. The van der Waals surface area contributed by atoms with E-state index in [2.05, 4.69) is 15.3 Å². The molecule has 0 spiro atoms. The van der Waals surface area contributed by atoms with E-state index in [4.69, 9.17) is 5.73 Å².